The Hall–Kier alpha value is -3.03. The molecule has 0 aromatic carbocycles. The summed E-state index contributed by atoms with van der Waals surface area (Å²) in [6.45, 7) is 1.68. The van der Waals surface area contributed by atoms with Gasteiger partial charge in [0.1, 0.15) is 0 Å². The van der Waals surface area contributed by atoms with Gasteiger partial charge in [-0.3, -0.25) is 19.7 Å². The second kappa shape index (κ2) is 5.40. The van der Waals surface area contributed by atoms with Gasteiger partial charge >= 0.3 is 5.97 Å². The molecule has 0 fully saturated rings. The molecular formula is C14H13N5O3. The summed E-state index contributed by atoms with van der Waals surface area (Å²) in [5.41, 5.74) is 1.34. The van der Waals surface area contributed by atoms with Crippen LogP contribution in [0.15, 0.2) is 29.3 Å². The van der Waals surface area contributed by atoms with Crippen molar-refractivity contribution in [3.63, 3.8) is 0 Å². The van der Waals surface area contributed by atoms with E-state index in [1.54, 1.807) is 31.5 Å². The van der Waals surface area contributed by atoms with Crippen LogP contribution in [0.5, 0.6) is 0 Å². The Morgan fingerprint density at radius 2 is 2.05 bits per heavy atom. The minimum Gasteiger partial charge on any atom is -0.481 e. The largest absolute Gasteiger partial charge is 0.481 e. The first-order valence-corrected chi connectivity index (χ1v) is 6.66. The van der Waals surface area contributed by atoms with Crippen molar-refractivity contribution in [1.29, 1.82) is 0 Å². The van der Waals surface area contributed by atoms with E-state index in [4.69, 9.17) is 5.11 Å². The normalized spacial score (nSPS) is 11.0. The molecule has 0 saturated carbocycles. The minimum absolute atomic E-state index is 0.116. The number of hydrogen-bond donors (Lipinski definition) is 2. The Bertz CT molecular complexity index is 898. The number of carboxylic acids is 1. The van der Waals surface area contributed by atoms with Gasteiger partial charge in [-0.2, -0.15) is 9.50 Å². The average Bonchev–Trinajstić information content (AvgIpc) is 2.92. The van der Waals surface area contributed by atoms with Crippen LogP contribution in [0.3, 0.4) is 0 Å². The molecule has 0 bridgehead atoms. The minimum atomic E-state index is -0.953. The molecule has 0 atom stereocenters. The zero-order chi connectivity index (χ0) is 15.7. The van der Waals surface area contributed by atoms with Gasteiger partial charge in [-0.15, -0.1) is 0 Å². The van der Waals surface area contributed by atoms with Crippen LogP contribution in [-0.4, -0.2) is 35.6 Å². The first kappa shape index (κ1) is 13.9. The van der Waals surface area contributed by atoms with E-state index in [1.807, 2.05) is 0 Å². The molecule has 8 heteroatoms. The number of aromatic nitrogens is 5. The van der Waals surface area contributed by atoms with Crippen molar-refractivity contribution in [3.05, 3.63) is 46.1 Å². The maximum atomic E-state index is 12.5. The highest BCUT2D eigenvalue weighted by Gasteiger charge is 2.14. The third-order valence-electron chi connectivity index (χ3n) is 3.34. The van der Waals surface area contributed by atoms with Gasteiger partial charge < -0.3 is 5.11 Å². The van der Waals surface area contributed by atoms with E-state index < -0.39 is 5.97 Å². The smallest absolute Gasteiger partial charge is 0.303 e. The summed E-state index contributed by atoms with van der Waals surface area (Å²) in [4.78, 5) is 35.6. The SMILES string of the molecule is Cc1nc2nc(-c3ccncc3)[nH]n2c(=O)c1CCC(=O)O. The van der Waals surface area contributed by atoms with Crippen LogP contribution >= 0.6 is 0 Å². The molecule has 0 amide bonds. The third kappa shape index (κ3) is 2.46. The molecule has 3 aromatic heterocycles. The number of nitrogens with zero attached hydrogens (tertiary/aromatic N) is 4. The van der Waals surface area contributed by atoms with Gasteiger partial charge in [0.05, 0.1) is 5.69 Å². The van der Waals surface area contributed by atoms with E-state index in [-0.39, 0.29) is 24.2 Å². The lowest BCUT2D eigenvalue weighted by Gasteiger charge is -2.02. The lowest BCUT2D eigenvalue weighted by atomic mass is 10.1. The van der Waals surface area contributed by atoms with Crippen molar-refractivity contribution in [3.8, 4) is 11.4 Å². The highest BCUT2D eigenvalue weighted by atomic mass is 16.4. The first-order chi connectivity index (χ1) is 10.6. The van der Waals surface area contributed by atoms with Crippen molar-refractivity contribution >= 4 is 11.7 Å². The number of aromatic amines is 1. The highest BCUT2D eigenvalue weighted by Crippen LogP contribution is 2.14. The number of fused-ring (bicyclic) bond motifs is 1. The summed E-state index contributed by atoms with van der Waals surface area (Å²) in [6, 6.07) is 3.53. The number of hydrogen-bond acceptors (Lipinski definition) is 5. The molecular weight excluding hydrogens is 286 g/mol. The van der Waals surface area contributed by atoms with Gasteiger partial charge in [0, 0.05) is 29.9 Å². The Morgan fingerprint density at radius 1 is 1.32 bits per heavy atom. The number of aryl methyl sites for hydroxylation is 1. The predicted molar refractivity (Wildman–Crippen MR) is 77.5 cm³/mol. The summed E-state index contributed by atoms with van der Waals surface area (Å²) in [6.07, 6.45) is 3.28. The Balaban J connectivity index is 2.11. The maximum Gasteiger partial charge on any atom is 0.303 e. The van der Waals surface area contributed by atoms with Gasteiger partial charge in [-0.1, -0.05) is 0 Å². The second-order valence-electron chi connectivity index (χ2n) is 4.82. The van der Waals surface area contributed by atoms with Crippen LogP contribution in [0.25, 0.3) is 17.2 Å². The van der Waals surface area contributed by atoms with Gasteiger partial charge in [-0.05, 0) is 25.5 Å². The maximum absolute atomic E-state index is 12.5. The fourth-order valence-corrected chi connectivity index (χ4v) is 2.21. The monoisotopic (exact) mass is 299 g/mol. The standard InChI is InChI=1S/C14H13N5O3/c1-8-10(2-3-11(20)21)13(22)19-14(16-8)17-12(18-19)9-4-6-15-7-5-9/h4-7H,2-3H2,1H3,(H,20,21)(H,16,17,18). The number of carboxylic acid groups (broad SMARTS) is 1. The fraction of sp³-hybridized carbons (Fsp3) is 0.214. The third-order valence-corrected chi connectivity index (χ3v) is 3.34. The number of rotatable bonds is 4. The van der Waals surface area contributed by atoms with Crippen LogP contribution in [0.2, 0.25) is 0 Å². The van der Waals surface area contributed by atoms with Crippen LogP contribution in [-0.2, 0) is 11.2 Å². The van der Waals surface area contributed by atoms with Gasteiger partial charge in [0.15, 0.2) is 5.82 Å². The molecule has 3 rings (SSSR count). The topological polar surface area (TPSA) is 113 Å². The van der Waals surface area contributed by atoms with Gasteiger partial charge in [0.25, 0.3) is 11.3 Å². The lowest BCUT2D eigenvalue weighted by molar-refractivity contribution is -0.136. The summed E-state index contributed by atoms with van der Waals surface area (Å²) in [5.74, 6) is -0.193. The molecule has 3 aromatic rings. The fourth-order valence-electron chi connectivity index (χ4n) is 2.21. The Labute approximate surface area is 124 Å². The van der Waals surface area contributed by atoms with Crippen LogP contribution in [0, 0.1) is 6.92 Å². The molecule has 0 aliphatic carbocycles. The average molecular weight is 299 g/mol. The number of H-pyrrole nitrogens is 1. The molecule has 0 unspecified atom stereocenters. The Morgan fingerprint density at radius 3 is 2.73 bits per heavy atom. The van der Waals surface area contributed by atoms with E-state index in [2.05, 4.69) is 20.1 Å². The number of nitrogens with one attached hydrogen (secondary N) is 1. The van der Waals surface area contributed by atoms with Crippen molar-refractivity contribution in [2.45, 2.75) is 19.8 Å². The molecule has 2 N–H and O–H groups in total. The van der Waals surface area contributed by atoms with Crippen molar-refractivity contribution in [1.82, 2.24) is 24.6 Å². The predicted octanol–water partition coefficient (Wildman–Crippen LogP) is 0.805. The molecule has 22 heavy (non-hydrogen) atoms. The van der Waals surface area contributed by atoms with E-state index in [1.165, 1.54) is 4.52 Å². The summed E-state index contributed by atoms with van der Waals surface area (Å²) in [7, 11) is 0. The van der Waals surface area contributed by atoms with E-state index in [0.717, 1.165) is 5.56 Å². The van der Waals surface area contributed by atoms with E-state index in [0.29, 0.717) is 17.1 Å². The number of aliphatic carboxylic acids is 1. The van der Waals surface area contributed by atoms with Gasteiger partial charge in [0.2, 0.25) is 0 Å². The van der Waals surface area contributed by atoms with Crippen LogP contribution in [0.4, 0.5) is 0 Å². The van der Waals surface area contributed by atoms with Crippen LogP contribution in [0.1, 0.15) is 17.7 Å². The highest BCUT2D eigenvalue weighted by molar-refractivity contribution is 5.67. The lowest BCUT2D eigenvalue weighted by Crippen LogP contribution is -2.22. The van der Waals surface area contributed by atoms with Crippen molar-refractivity contribution in [2.75, 3.05) is 0 Å². The summed E-state index contributed by atoms with van der Waals surface area (Å²) < 4.78 is 1.24. The quantitative estimate of drug-likeness (QED) is 0.737. The van der Waals surface area contributed by atoms with Crippen LogP contribution < -0.4 is 5.56 Å². The summed E-state index contributed by atoms with van der Waals surface area (Å²) >= 11 is 0. The van der Waals surface area contributed by atoms with Gasteiger partial charge in [-0.25, -0.2) is 4.98 Å². The molecule has 3 heterocycles. The molecule has 0 spiro atoms. The second-order valence-corrected chi connectivity index (χ2v) is 4.82. The first-order valence-electron chi connectivity index (χ1n) is 6.66. The number of pyridine rings is 1. The zero-order valence-electron chi connectivity index (χ0n) is 11.8. The Kier molecular flexibility index (Phi) is 3.42. The van der Waals surface area contributed by atoms with Crippen molar-refractivity contribution < 1.29 is 9.90 Å². The molecule has 112 valence electrons. The molecule has 0 radical (unpaired) electrons. The molecule has 0 aliphatic heterocycles. The molecule has 0 aliphatic rings. The molecule has 8 nitrogen and oxygen atoms in total. The van der Waals surface area contributed by atoms with E-state index >= 15 is 0 Å². The van der Waals surface area contributed by atoms with E-state index in [9.17, 15) is 9.59 Å². The number of carbonyl (C=O) groups is 1. The zero-order valence-corrected chi connectivity index (χ0v) is 11.8. The molecule has 0 saturated heterocycles. The van der Waals surface area contributed by atoms with Crippen molar-refractivity contribution in [2.24, 2.45) is 0 Å². The summed E-state index contributed by atoms with van der Waals surface area (Å²) in [5, 5.41) is 11.7.